The van der Waals surface area contributed by atoms with Gasteiger partial charge in [0.05, 0.1) is 24.5 Å². The Labute approximate surface area is 288 Å². The van der Waals surface area contributed by atoms with Gasteiger partial charge in [-0.3, -0.25) is 14.4 Å². The molecule has 0 saturated heterocycles. The molecule has 3 aromatic carbocycles. The molecule has 1 aromatic heterocycles. The summed E-state index contributed by atoms with van der Waals surface area (Å²) in [6, 6.07) is 22.9. The number of hydrogen-bond donors (Lipinski definition) is 3. The lowest BCUT2D eigenvalue weighted by Gasteiger charge is -2.15. The first-order valence-electron chi connectivity index (χ1n) is 15.7. The van der Waals surface area contributed by atoms with E-state index in [2.05, 4.69) is 16.0 Å². The van der Waals surface area contributed by atoms with E-state index >= 15 is 0 Å². The Hall–Kier alpha value is -4.87. The van der Waals surface area contributed by atoms with Gasteiger partial charge in [-0.05, 0) is 99.2 Å². The first-order chi connectivity index (χ1) is 23.2. The van der Waals surface area contributed by atoms with Gasteiger partial charge in [0, 0.05) is 21.0 Å². The maximum absolute atomic E-state index is 13.5. The highest BCUT2D eigenvalue weighted by Gasteiger charge is 2.28. The normalized spacial score (nSPS) is 13.1. The number of benzene rings is 3. The molecule has 48 heavy (non-hydrogen) atoms. The molecule has 1 heterocycles. The highest BCUT2D eigenvalue weighted by Crippen LogP contribution is 2.39. The highest BCUT2D eigenvalue weighted by atomic mass is 32.2. The van der Waals surface area contributed by atoms with E-state index in [0.717, 1.165) is 41.0 Å². The number of anilines is 2. The van der Waals surface area contributed by atoms with Crippen LogP contribution in [0.4, 0.5) is 10.7 Å². The number of thiophene rings is 1. The SMILES string of the molecule is CCOC(=O)c1c(NC(=O)C(C)Sc2cccc(NC(=O)/C(=C\c3ccc(OC)cc3)NC(=O)c3ccccc3)c2)sc2c1CCCC2. The predicted octanol–water partition coefficient (Wildman–Crippen LogP) is 7.34. The Morgan fingerprint density at radius 1 is 0.938 bits per heavy atom. The zero-order valence-electron chi connectivity index (χ0n) is 27.0. The molecule has 1 atom stereocenters. The number of fused-ring (bicyclic) bond motifs is 1. The Kier molecular flexibility index (Phi) is 11.7. The zero-order chi connectivity index (χ0) is 34.0. The smallest absolute Gasteiger partial charge is 0.341 e. The minimum absolute atomic E-state index is 0.0517. The third-order valence-corrected chi connectivity index (χ3v) is 9.92. The number of esters is 1. The standard InChI is InChI=1S/C37H37N3O6S2/c1-4-46-37(44)32-29-15-8-9-16-31(29)48-36(32)40-33(41)23(2)47-28-14-10-13-26(22-28)38-35(43)30(21-24-17-19-27(45-3)20-18-24)39-34(42)25-11-6-5-7-12-25/h5-7,10-14,17-23H,4,8-9,15-16H2,1-3H3,(H,38,43)(H,39,42)(H,40,41)/b30-21+. The van der Waals surface area contributed by atoms with Crippen molar-refractivity contribution >= 4 is 63.6 Å². The molecule has 248 valence electrons. The van der Waals surface area contributed by atoms with Crippen molar-refractivity contribution in [3.05, 3.63) is 112 Å². The van der Waals surface area contributed by atoms with E-state index in [-0.39, 0.29) is 18.2 Å². The fraction of sp³-hybridized carbons (Fsp3) is 0.243. The van der Waals surface area contributed by atoms with Crippen LogP contribution >= 0.6 is 23.1 Å². The van der Waals surface area contributed by atoms with Crippen molar-refractivity contribution < 1.29 is 28.7 Å². The van der Waals surface area contributed by atoms with Crippen LogP contribution in [0.1, 0.15) is 63.4 Å². The van der Waals surface area contributed by atoms with Gasteiger partial charge in [0.25, 0.3) is 11.8 Å². The van der Waals surface area contributed by atoms with E-state index in [1.807, 2.05) is 12.1 Å². The number of amides is 3. The molecule has 0 aliphatic heterocycles. The minimum atomic E-state index is -0.517. The average Bonchev–Trinajstić information content (AvgIpc) is 3.46. The lowest BCUT2D eigenvalue weighted by Crippen LogP contribution is -2.30. The molecule has 4 aromatic rings. The van der Waals surface area contributed by atoms with Crippen LogP contribution in [0.3, 0.4) is 0 Å². The quantitative estimate of drug-likeness (QED) is 0.0811. The summed E-state index contributed by atoms with van der Waals surface area (Å²) in [6.07, 6.45) is 5.33. The molecular weight excluding hydrogens is 647 g/mol. The summed E-state index contributed by atoms with van der Waals surface area (Å²) in [6.45, 7) is 3.81. The molecule has 1 aliphatic carbocycles. The number of rotatable bonds is 12. The number of carbonyl (C=O) groups is 4. The summed E-state index contributed by atoms with van der Waals surface area (Å²) in [5.41, 5.74) is 3.11. The molecule has 9 nitrogen and oxygen atoms in total. The van der Waals surface area contributed by atoms with Crippen molar-refractivity contribution in [2.75, 3.05) is 24.4 Å². The molecule has 1 unspecified atom stereocenters. The van der Waals surface area contributed by atoms with E-state index in [9.17, 15) is 19.2 Å². The topological polar surface area (TPSA) is 123 Å². The van der Waals surface area contributed by atoms with Crippen molar-refractivity contribution in [3.63, 3.8) is 0 Å². The summed E-state index contributed by atoms with van der Waals surface area (Å²) < 4.78 is 10.6. The zero-order valence-corrected chi connectivity index (χ0v) is 28.6. The van der Waals surface area contributed by atoms with E-state index < -0.39 is 23.0 Å². The van der Waals surface area contributed by atoms with E-state index in [1.165, 1.54) is 23.1 Å². The number of hydrogen-bond acceptors (Lipinski definition) is 8. The summed E-state index contributed by atoms with van der Waals surface area (Å²) in [7, 11) is 1.57. The monoisotopic (exact) mass is 683 g/mol. The average molecular weight is 684 g/mol. The van der Waals surface area contributed by atoms with Gasteiger partial charge in [-0.1, -0.05) is 36.4 Å². The number of aryl methyl sites for hydroxylation is 1. The molecule has 0 saturated carbocycles. The van der Waals surface area contributed by atoms with Crippen molar-refractivity contribution in [2.24, 2.45) is 0 Å². The van der Waals surface area contributed by atoms with Gasteiger partial charge >= 0.3 is 5.97 Å². The lowest BCUT2D eigenvalue weighted by molar-refractivity contribution is -0.115. The van der Waals surface area contributed by atoms with Crippen LogP contribution in [0.2, 0.25) is 0 Å². The molecule has 5 rings (SSSR count). The number of nitrogens with one attached hydrogen (secondary N) is 3. The summed E-state index contributed by atoms with van der Waals surface area (Å²) in [5.74, 6) is -0.926. The second-order valence-electron chi connectivity index (χ2n) is 11.0. The fourth-order valence-corrected chi connectivity index (χ4v) is 7.41. The highest BCUT2D eigenvalue weighted by molar-refractivity contribution is 8.00. The van der Waals surface area contributed by atoms with Crippen LogP contribution in [0.15, 0.2) is 89.5 Å². The van der Waals surface area contributed by atoms with Crippen molar-refractivity contribution in [2.45, 2.75) is 49.7 Å². The Morgan fingerprint density at radius 2 is 1.69 bits per heavy atom. The third kappa shape index (κ3) is 8.72. The van der Waals surface area contributed by atoms with Crippen LogP contribution in [0.25, 0.3) is 6.08 Å². The Balaban J connectivity index is 1.29. The Bertz CT molecular complexity index is 1820. The first-order valence-corrected chi connectivity index (χ1v) is 17.4. The molecule has 0 spiro atoms. The second-order valence-corrected chi connectivity index (χ2v) is 13.5. The largest absolute Gasteiger partial charge is 0.497 e. The van der Waals surface area contributed by atoms with Crippen LogP contribution in [-0.2, 0) is 27.2 Å². The number of ether oxygens (including phenoxy) is 2. The van der Waals surface area contributed by atoms with E-state index in [0.29, 0.717) is 33.1 Å². The molecule has 3 amide bonds. The van der Waals surface area contributed by atoms with Crippen molar-refractivity contribution in [1.82, 2.24) is 5.32 Å². The maximum atomic E-state index is 13.5. The van der Waals surface area contributed by atoms with Gasteiger partial charge in [-0.25, -0.2) is 4.79 Å². The van der Waals surface area contributed by atoms with Crippen LogP contribution in [0, 0.1) is 0 Å². The molecule has 0 radical (unpaired) electrons. The van der Waals surface area contributed by atoms with Gasteiger partial charge < -0.3 is 25.4 Å². The van der Waals surface area contributed by atoms with E-state index in [1.54, 1.807) is 93.8 Å². The van der Waals surface area contributed by atoms with Crippen LogP contribution < -0.4 is 20.7 Å². The second kappa shape index (κ2) is 16.3. The molecular formula is C37H37N3O6S2. The predicted molar refractivity (Wildman–Crippen MR) is 191 cm³/mol. The van der Waals surface area contributed by atoms with Crippen LogP contribution in [0.5, 0.6) is 5.75 Å². The van der Waals surface area contributed by atoms with Gasteiger partial charge in [-0.15, -0.1) is 23.1 Å². The van der Waals surface area contributed by atoms with Crippen LogP contribution in [-0.4, -0.2) is 42.7 Å². The minimum Gasteiger partial charge on any atom is -0.497 e. The summed E-state index contributed by atoms with van der Waals surface area (Å²) >= 11 is 2.78. The number of thioether (sulfide) groups is 1. The van der Waals surface area contributed by atoms with Crippen molar-refractivity contribution in [3.8, 4) is 5.75 Å². The van der Waals surface area contributed by atoms with Gasteiger partial charge in [-0.2, -0.15) is 0 Å². The molecule has 0 fully saturated rings. The number of carbonyl (C=O) groups excluding carboxylic acids is 4. The summed E-state index contributed by atoms with van der Waals surface area (Å²) in [5, 5.41) is 8.62. The molecule has 1 aliphatic rings. The van der Waals surface area contributed by atoms with Crippen molar-refractivity contribution in [1.29, 1.82) is 0 Å². The fourth-order valence-electron chi connectivity index (χ4n) is 5.20. The van der Waals surface area contributed by atoms with Gasteiger partial charge in [0.2, 0.25) is 5.91 Å². The summed E-state index contributed by atoms with van der Waals surface area (Å²) in [4.78, 5) is 54.6. The molecule has 3 N–H and O–H groups in total. The first kappa shape index (κ1) is 34.5. The maximum Gasteiger partial charge on any atom is 0.341 e. The Morgan fingerprint density at radius 3 is 2.42 bits per heavy atom. The molecule has 0 bridgehead atoms. The van der Waals surface area contributed by atoms with Gasteiger partial charge in [0.1, 0.15) is 16.4 Å². The molecule has 11 heteroatoms. The third-order valence-electron chi connectivity index (χ3n) is 7.62. The lowest BCUT2D eigenvalue weighted by atomic mass is 9.95. The van der Waals surface area contributed by atoms with E-state index in [4.69, 9.17) is 9.47 Å². The number of methoxy groups -OCH3 is 1. The van der Waals surface area contributed by atoms with Gasteiger partial charge in [0.15, 0.2) is 0 Å².